The minimum atomic E-state index is -0.392. The summed E-state index contributed by atoms with van der Waals surface area (Å²) in [4.78, 5) is 11.2. The van der Waals surface area contributed by atoms with Gasteiger partial charge in [-0.05, 0) is 29.7 Å². The maximum absolute atomic E-state index is 11.2. The van der Waals surface area contributed by atoms with Crippen LogP contribution in [0.3, 0.4) is 0 Å². The Balaban J connectivity index is 3.23. The number of phenolic OH excluding ortho intramolecular Hbond substituents is 1. The molecule has 0 aliphatic carbocycles. The van der Waals surface area contributed by atoms with Gasteiger partial charge in [-0.25, -0.2) is 0 Å². The number of hydrogen-bond donors (Lipinski definition) is 1. The molecule has 0 saturated carbocycles. The summed E-state index contributed by atoms with van der Waals surface area (Å²) in [5.74, 6) is -0.348. The molecule has 0 aliphatic heterocycles. The number of rotatable bonds is 3. The van der Waals surface area contributed by atoms with Gasteiger partial charge in [0, 0.05) is 0 Å². The highest BCUT2D eigenvalue weighted by Gasteiger charge is 2.13. The third-order valence-electron chi connectivity index (χ3n) is 2.38. The van der Waals surface area contributed by atoms with Gasteiger partial charge >= 0.3 is 5.97 Å². The second kappa shape index (κ2) is 5.17. The summed E-state index contributed by atoms with van der Waals surface area (Å²) in [6.45, 7) is 1.90. The smallest absolute Gasteiger partial charge is 0.310 e. The molecule has 0 spiro atoms. The van der Waals surface area contributed by atoms with Crippen LogP contribution in [-0.2, 0) is 22.4 Å². The number of nitrogens with zero attached hydrogens (tertiary/aromatic N) is 1. The van der Waals surface area contributed by atoms with E-state index >= 15 is 0 Å². The molecule has 16 heavy (non-hydrogen) atoms. The van der Waals surface area contributed by atoms with Crippen molar-refractivity contribution in [2.24, 2.45) is 0 Å². The highest BCUT2D eigenvalue weighted by molar-refractivity contribution is 5.74. The average Bonchev–Trinajstić information content (AvgIpc) is 2.30. The van der Waals surface area contributed by atoms with Crippen LogP contribution in [0.1, 0.15) is 23.6 Å². The summed E-state index contributed by atoms with van der Waals surface area (Å²) in [6.07, 6.45) is 0.707. The molecule has 0 bridgehead atoms. The molecule has 1 N–H and O–H groups in total. The van der Waals surface area contributed by atoms with Gasteiger partial charge in [-0.15, -0.1) is 0 Å². The van der Waals surface area contributed by atoms with Crippen molar-refractivity contribution >= 4 is 5.97 Å². The zero-order valence-electron chi connectivity index (χ0n) is 9.28. The molecule has 0 aromatic heterocycles. The highest BCUT2D eigenvalue weighted by atomic mass is 16.5. The lowest BCUT2D eigenvalue weighted by atomic mass is 9.97. The monoisotopic (exact) mass is 219 g/mol. The maximum atomic E-state index is 11.2. The molecule has 4 heteroatoms. The zero-order chi connectivity index (χ0) is 12.1. The van der Waals surface area contributed by atoms with Gasteiger partial charge < -0.3 is 9.84 Å². The number of ether oxygens (including phenoxy) is 1. The van der Waals surface area contributed by atoms with E-state index in [1.807, 2.05) is 13.0 Å². The Morgan fingerprint density at radius 2 is 2.25 bits per heavy atom. The Morgan fingerprint density at radius 1 is 1.56 bits per heavy atom. The number of phenols is 1. The first-order chi connectivity index (χ1) is 7.62. The quantitative estimate of drug-likeness (QED) is 0.783. The van der Waals surface area contributed by atoms with E-state index in [-0.39, 0.29) is 12.2 Å². The normalized spacial score (nSPS) is 9.56. The summed E-state index contributed by atoms with van der Waals surface area (Å²) in [7, 11) is 1.31. The van der Waals surface area contributed by atoms with Crippen molar-refractivity contribution in [1.82, 2.24) is 0 Å². The summed E-state index contributed by atoms with van der Waals surface area (Å²) in [6, 6.07) is 4.90. The minimum absolute atomic E-state index is 0.0435. The average molecular weight is 219 g/mol. The molecule has 0 fully saturated rings. The number of methoxy groups -OCH3 is 1. The predicted molar refractivity (Wildman–Crippen MR) is 57.9 cm³/mol. The Kier molecular flexibility index (Phi) is 3.90. The van der Waals surface area contributed by atoms with Crippen LogP contribution in [0.25, 0.3) is 0 Å². The molecule has 0 aliphatic rings. The molecule has 0 amide bonds. The van der Waals surface area contributed by atoms with E-state index < -0.39 is 5.97 Å². The number of carbonyl (C=O) groups excluding carboxylic acids is 1. The van der Waals surface area contributed by atoms with Gasteiger partial charge in [0.15, 0.2) is 0 Å². The standard InChI is InChI=1S/C12H13NO3/c1-3-8-4-10(14)5-9(7-13)11(8)6-12(15)16-2/h4-5,14H,3,6H2,1-2H3. The number of nitriles is 1. The van der Waals surface area contributed by atoms with Gasteiger partial charge in [-0.3, -0.25) is 4.79 Å². The number of aromatic hydroxyl groups is 1. The third kappa shape index (κ3) is 2.51. The molecule has 1 rings (SSSR count). The van der Waals surface area contributed by atoms with Crippen LogP contribution in [-0.4, -0.2) is 18.2 Å². The lowest BCUT2D eigenvalue weighted by Gasteiger charge is -2.09. The fraction of sp³-hybridized carbons (Fsp3) is 0.333. The van der Waals surface area contributed by atoms with E-state index in [1.165, 1.54) is 13.2 Å². The molecule has 84 valence electrons. The van der Waals surface area contributed by atoms with Crippen molar-refractivity contribution in [3.63, 3.8) is 0 Å². The maximum Gasteiger partial charge on any atom is 0.310 e. The number of aryl methyl sites for hydroxylation is 1. The number of hydrogen-bond acceptors (Lipinski definition) is 4. The van der Waals surface area contributed by atoms with Crippen molar-refractivity contribution in [1.29, 1.82) is 5.26 Å². The van der Waals surface area contributed by atoms with Gasteiger partial charge in [0.05, 0.1) is 25.2 Å². The molecule has 4 nitrogen and oxygen atoms in total. The molecule has 1 aromatic carbocycles. The van der Waals surface area contributed by atoms with Gasteiger partial charge in [-0.2, -0.15) is 5.26 Å². The summed E-state index contributed by atoms with van der Waals surface area (Å²) < 4.78 is 4.57. The summed E-state index contributed by atoms with van der Waals surface area (Å²) in [5.41, 5.74) is 1.75. The molecule has 0 saturated heterocycles. The van der Waals surface area contributed by atoms with E-state index in [0.717, 1.165) is 5.56 Å². The topological polar surface area (TPSA) is 70.3 Å². The van der Waals surface area contributed by atoms with Crippen LogP contribution in [0.5, 0.6) is 5.75 Å². The van der Waals surface area contributed by atoms with Gasteiger partial charge in [0.2, 0.25) is 0 Å². The Morgan fingerprint density at radius 3 is 2.75 bits per heavy atom. The molecule has 1 aromatic rings. The number of esters is 1. The van der Waals surface area contributed by atoms with Gasteiger partial charge in [0.1, 0.15) is 5.75 Å². The fourth-order valence-corrected chi connectivity index (χ4v) is 1.56. The molecular weight excluding hydrogens is 206 g/mol. The van der Waals surface area contributed by atoms with Crippen molar-refractivity contribution in [2.75, 3.05) is 7.11 Å². The SMILES string of the molecule is CCc1cc(O)cc(C#N)c1CC(=O)OC. The van der Waals surface area contributed by atoms with Crippen molar-refractivity contribution in [3.05, 3.63) is 28.8 Å². The molecule has 0 unspecified atom stereocenters. The van der Waals surface area contributed by atoms with Crippen LogP contribution < -0.4 is 0 Å². The van der Waals surface area contributed by atoms with Gasteiger partial charge in [-0.1, -0.05) is 6.92 Å². The molecular formula is C12H13NO3. The van der Waals surface area contributed by atoms with Crippen LogP contribution in [0.2, 0.25) is 0 Å². The first kappa shape index (κ1) is 12.1. The van der Waals surface area contributed by atoms with Crippen LogP contribution in [0, 0.1) is 11.3 Å². The van der Waals surface area contributed by atoms with Crippen LogP contribution >= 0.6 is 0 Å². The number of carbonyl (C=O) groups is 1. The largest absolute Gasteiger partial charge is 0.508 e. The first-order valence-electron chi connectivity index (χ1n) is 4.94. The molecule has 0 radical (unpaired) electrons. The van der Waals surface area contributed by atoms with E-state index in [2.05, 4.69) is 4.74 Å². The van der Waals surface area contributed by atoms with E-state index in [9.17, 15) is 9.90 Å². The van der Waals surface area contributed by atoms with Gasteiger partial charge in [0.25, 0.3) is 0 Å². The van der Waals surface area contributed by atoms with Crippen molar-refractivity contribution < 1.29 is 14.6 Å². The summed E-state index contributed by atoms with van der Waals surface area (Å²) >= 11 is 0. The van der Waals surface area contributed by atoms with Crippen molar-refractivity contribution in [2.45, 2.75) is 19.8 Å². The fourth-order valence-electron chi connectivity index (χ4n) is 1.56. The Hall–Kier alpha value is -2.02. The molecule has 0 atom stereocenters. The van der Waals surface area contributed by atoms with E-state index in [4.69, 9.17) is 5.26 Å². The predicted octanol–water partition coefficient (Wildman–Crippen LogP) is 1.54. The number of benzene rings is 1. The zero-order valence-corrected chi connectivity index (χ0v) is 9.28. The summed E-state index contributed by atoms with van der Waals surface area (Å²) in [5, 5.41) is 18.3. The first-order valence-corrected chi connectivity index (χ1v) is 4.94. The van der Waals surface area contributed by atoms with Crippen LogP contribution in [0.4, 0.5) is 0 Å². The van der Waals surface area contributed by atoms with E-state index in [1.54, 1.807) is 6.07 Å². The Bertz CT molecular complexity index is 446. The minimum Gasteiger partial charge on any atom is -0.508 e. The second-order valence-electron chi connectivity index (χ2n) is 3.35. The lowest BCUT2D eigenvalue weighted by molar-refractivity contribution is -0.139. The highest BCUT2D eigenvalue weighted by Crippen LogP contribution is 2.22. The third-order valence-corrected chi connectivity index (χ3v) is 2.38. The van der Waals surface area contributed by atoms with Crippen molar-refractivity contribution in [3.8, 4) is 11.8 Å². The molecule has 0 heterocycles. The second-order valence-corrected chi connectivity index (χ2v) is 3.35. The Labute approximate surface area is 94.1 Å². The lowest BCUT2D eigenvalue weighted by Crippen LogP contribution is -2.08. The van der Waals surface area contributed by atoms with E-state index in [0.29, 0.717) is 17.5 Å². The van der Waals surface area contributed by atoms with Crippen LogP contribution in [0.15, 0.2) is 12.1 Å².